The average molecular weight is 805 g/mol. The SMILES string of the molecule is CCCCCCCCCOC(=O)CCCCCCCN(CCCCCCCC(=O)OC(CCCCCCCC)CCCCCCCC)CCCC1N=NC(CO)=N1. The molecular formula is C48H92N4O5. The third-order valence-electron chi connectivity index (χ3n) is 11.5. The highest BCUT2D eigenvalue weighted by Gasteiger charge is 2.16. The van der Waals surface area contributed by atoms with E-state index in [1.807, 2.05) is 0 Å². The van der Waals surface area contributed by atoms with Gasteiger partial charge in [0.25, 0.3) is 0 Å². The smallest absolute Gasteiger partial charge is 0.306 e. The Balaban J connectivity index is 2.30. The van der Waals surface area contributed by atoms with Crippen molar-refractivity contribution >= 4 is 17.8 Å². The second-order valence-electron chi connectivity index (χ2n) is 17.0. The molecule has 0 aromatic heterocycles. The molecule has 0 saturated heterocycles. The van der Waals surface area contributed by atoms with Gasteiger partial charge in [0.2, 0.25) is 0 Å². The number of esters is 2. The summed E-state index contributed by atoms with van der Waals surface area (Å²) in [4.78, 5) is 31.9. The molecule has 9 heteroatoms. The fraction of sp³-hybridized carbons (Fsp3) is 0.938. The van der Waals surface area contributed by atoms with Crippen LogP contribution in [0.2, 0.25) is 0 Å². The van der Waals surface area contributed by atoms with Crippen LogP contribution in [0.1, 0.15) is 245 Å². The zero-order valence-corrected chi connectivity index (χ0v) is 37.8. The van der Waals surface area contributed by atoms with Crippen molar-refractivity contribution in [1.29, 1.82) is 0 Å². The molecule has 0 radical (unpaired) electrons. The van der Waals surface area contributed by atoms with Gasteiger partial charge >= 0.3 is 11.9 Å². The number of ether oxygens (including phenoxy) is 2. The molecule has 1 unspecified atom stereocenters. The van der Waals surface area contributed by atoms with Crippen LogP contribution in [0.3, 0.4) is 0 Å². The maximum Gasteiger partial charge on any atom is 0.306 e. The van der Waals surface area contributed by atoms with E-state index < -0.39 is 0 Å². The van der Waals surface area contributed by atoms with Gasteiger partial charge in [0.15, 0.2) is 12.0 Å². The summed E-state index contributed by atoms with van der Waals surface area (Å²) in [5.74, 6) is 0.419. The molecule has 0 aromatic rings. The van der Waals surface area contributed by atoms with Crippen molar-refractivity contribution in [1.82, 2.24) is 4.90 Å². The molecular weight excluding hydrogens is 713 g/mol. The number of hydrogen-bond donors (Lipinski definition) is 1. The van der Waals surface area contributed by atoms with Crippen molar-refractivity contribution in [3.8, 4) is 0 Å². The van der Waals surface area contributed by atoms with Crippen LogP contribution in [-0.2, 0) is 19.1 Å². The normalized spacial score (nSPS) is 13.9. The van der Waals surface area contributed by atoms with Crippen molar-refractivity contribution in [3.05, 3.63) is 0 Å². The lowest BCUT2D eigenvalue weighted by Gasteiger charge is -2.22. The lowest BCUT2D eigenvalue weighted by atomic mass is 10.0. The van der Waals surface area contributed by atoms with Crippen molar-refractivity contribution in [3.63, 3.8) is 0 Å². The van der Waals surface area contributed by atoms with E-state index >= 15 is 0 Å². The number of hydrogen-bond acceptors (Lipinski definition) is 9. The molecule has 1 atom stereocenters. The Kier molecular flexibility index (Phi) is 38.1. The van der Waals surface area contributed by atoms with E-state index in [1.54, 1.807) is 0 Å². The summed E-state index contributed by atoms with van der Waals surface area (Å²) in [6, 6.07) is 0. The van der Waals surface area contributed by atoms with Crippen LogP contribution < -0.4 is 0 Å². The predicted molar refractivity (Wildman–Crippen MR) is 239 cm³/mol. The third kappa shape index (κ3) is 34.7. The third-order valence-corrected chi connectivity index (χ3v) is 11.5. The minimum atomic E-state index is -0.149. The number of carbonyl (C=O) groups excluding carboxylic acids is 2. The average Bonchev–Trinajstić information content (AvgIpc) is 3.68. The highest BCUT2D eigenvalue weighted by atomic mass is 16.5. The van der Waals surface area contributed by atoms with E-state index in [0.717, 1.165) is 96.7 Å². The lowest BCUT2D eigenvalue weighted by molar-refractivity contribution is -0.150. The number of azo groups is 1. The summed E-state index contributed by atoms with van der Waals surface area (Å²) in [5, 5.41) is 17.5. The highest BCUT2D eigenvalue weighted by molar-refractivity contribution is 5.84. The Hall–Kier alpha value is -1.87. The minimum absolute atomic E-state index is 0.0131. The van der Waals surface area contributed by atoms with E-state index in [4.69, 9.17) is 9.47 Å². The highest BCUT2D eigenvalue weighted by Crippen LogP contribution is 2.19. The molecule has 0 amide bonds. The van der Waals surface area contributed by atoms with Gasteiger partial charge in [0.05, 0.1) is 6.61 Å². The topological polar surface area (TPSA) is 113 Å². The number of aliphatic hydroxyl groups is 1. The summed E-state index contributed by atoms with van der Waals surface area (Å²) < 4.78 is 11.5. The molecule has 1 N–H and O–H groups in total. The van der Waals surface area contributed by atoms with Crippen molar-refractivity contribution in [2.75, 3.05) is 32.8 Å². The summed E-state index contributed by atoms with van der Waals surface area (Å²) in [6.07, 6.45) is 39.9. The van der Waals surface area contributed by atoms with Crippen LogP contribution in [0.25, 0.3) is 0 Å². The second kappa shape index (κ2) is 40.9. The van der Waals surface area contributed by atoms with Gasteiger partial charge in [-0.15, -0.1) is 5.11 Å². The number of amidine groups is 1. The van der Waals surface area contributed by atoms with Crippen LogP contribution in [0, 0.1) is 0 Å². The lowest BCUT2D eigenvalue weighted by Crippen LogP contribution is -2.27. The molecule has 1 aliphatic rings. The fourth-order valence-electron chi connectivity index (χ4n) is 7.78. The first-order valence-corrected chi connectivity index (χ1v) is 24.7. The number of unbranched alkanes of at least 4 members (excludes halogenated alkanes) is 24. The zero-order chi connectivity index (χ0) is 41.3. The van der Waals surface area contributed by atoms with Crippen LogP contribution in [0.15, 0.2) is 15.2 Å². The largest absolute Gasteiger partial charge is 0.466 e. The van der Waals surface area contributed by atoms with Gasteiger partial charge < -0.3 is 19.5 Å². The monoisotopic (exact) mass is 805 g/mol. The van der Waals surface area contributed by atoms with Crippen LogP contribution >= 0.6 is 0 Å². The molecule has 1 heterocycles. The van der Waals surface area contributed by atoms with Gasteiger partial charge in [-0.3, -0.25) is 9.59 Å². The van der Waals surface area contributed by atoms with Crippen LogP contribution in [0.4, 0.5) is 0 Å². The standard InChI is InChI=1S/C48H92N4O5/c1-4-7-10-13-16-25-32-42-56-47(54)37-28-21-17-23-30-39-52(41-33-36-45-49-46(43-53)51-50-45)40-31-24-18-22-29-38-48(55)57-44(34-26-19-14-11-8-5-2)35-27-20-15-12-9-6-3/h44-45,53H,4-43H2,1-3H3. The van der Waals surface area contributed by atoms with Gasteiger partial charge in [-0.05, 0) is 90.3 Å². The molecule has 0 bridgehead atoms. The van der Waals surface area contributed by atoms with Gasteiger partial charge in [-0.25, -0.2) is 4.99 Å². The van der Waals surface area contributed by atoms with Gasteiger partial charge in [0.1, 0.15) is 12.7 Å². The summed E-state index contributed by atoms with van der Waals surface area (Å²) >= 11 is 0. The number of carbonyl (C=O) groups is 2. The Morgan fingerprint density at radius 3 is 1.51 bits per heavy atom. The first kappa shape index (κ1) is 53.1. The molecule has 0 aliphatic carbocycles. The quantitative estimate of drug-likeness (QED) is 0.0485. The van der Waals surface area contributed by atoms with Gasteiger partial charge in [0, 0.05) is 12.8 Å². The molecule has 1 rings (SSSR count). The molecule has 1 aliphatic heterocycles. The summed E-state index contributed by atoms with van der Waals surface area (Å²) in [5.41, 5.74) is 0. The van der Waals surface area contributed by atoms with Gasteiger partial charge in [-0.1, -0.05) is 162 Å². The molecule has 334 valence electrons. The Bertz CT molecular complexity index is 960. The van der Waals surface area contributed by atoms with E-state index in [1.165, 1.54) is 135 Å². The van der Waals surface area contributed by atoms with Crippen molar-refractivity contribution in [2.45, 2.75) is 258 Å². The maximum absolute atomic E-state index is 12.8. The van der Waals surface area contributed by atoms with Crippen molar-refractivity contribution < 1.29 is 24.2 Å². The summed E-state index contributed by atoms with van der Waals surface area (Å²) in [6.45, 7) is 10.4. The van der Waals surface area contributed by atoms with Crippen LogP contribution in [0.5, 0.6) is 0 Å². The molecule has 0 saturated carbocycles. The number of aliphatic hydroxyl groups excluding tert-OH is 1. The minimum Gasteiger partial charge on any atom is -0.466 e. The van der Waals surface area contributed by atoms with E-state index in [-0.39, 0.29) is 30.8 Å². The Morgan fingerprint density at radius 1 is 0.561 bits per heavy atom. The molecule has 9 nitrogen and oxygen atoms in total. The fourth-order valence-corrected chi connectivity index (χ4v) is 7.78. The van der Waals surface area contributed by atoms with Crippen molar-refractivity contribution in [2.24, 2.45) is 15.2 Å². The number of aliphatic imine (C=N–C) groups is 1. The first-order chi connectivity index (χ1) is 28.0. The molecule has 0 fully saturated rings. The number of nitrogens with zero attached hydrogens (tertiary/aromatic N) is 4. The van der Waals surface area contributed by atoms with E-state index in [2.05, 4.69) is 40.9 Å². The predicted octanol–water partition coefficient (Wildman–Crippen LogP) is 13.6. The Labute approximate surface area is 351 Å². The van der Waals surface area contributed by atoms with E-state index in [0.29, 0.717) is 25.3 Å². The van der Waals surface area contributed by atoms with E-state index in [9.17, 15) is 14.7 Å². The Morgan fingerprint density at radius 2 is 1.00 bits per heavy atom. The number of rotatable bonds is 44. The van der Waals surface area contributed by atoms with Gasteiger partial charge in [-0.2, -0.15) is 5.11 Å². The van der Waals surface area contributed by atoms with Crippen LogP contribution in [-0.4, -0.2) is 72.9 Å². The summed E-state index contributed by atoms with van der Waals surface area (Å²) in [7, 11) is 0. The maximum atomic E-state index is 12.8. The molecule has 0 aromatic carbocycles. The second-order valence-corrected chi connectivity index (χ2v) is 17.0. The molecule has 57 heavy (non-hydrogen) atoms. The zero-order valence-electron chi connectivity index (χ0n) is 37.8. The first-order valence-electron chi connectivity index (χ1n) is 24.7. The molecule has 0 spiro atoms.